The molecule has 0 aromatic heterocycles. The van der Waals surface area contributed by atoms with E-state index in [2.05, 4.69) is 9.05 Å². The van der Waals surface area contributed by atoms with E-state index >= 15 is 0 Å². The lowest BCUT2D eigenvalue weighted by atomic mass is 10.9. The molecule has 9 heteroatoms. The molecular formula is C4H14O7P2. The molecule has 4 N–H and O–H groups in total. The number of hydrogen-bond donors (Lipinski definition) is 4. The van der Waals surface area contributed by atoms with Gasteiger partial charge in [0.2, 0.25) is 0 Å². The van der Waals surface area contributed by atoms with Gasteiger partial charge >= 0.3 is 16.4 Å². The lowest BCUT2D eigenvalue weighted by molar-refractivity contribution is 0.216. The van der Waals surface area contributed by atoms with Gasteiger partial charge in [-0.2, -0.15) is 0 Å². The molecule has 0 fully saturated rings. The first-order valence-electron chi connectivity index (χ1n) is 3.34. The van der Waals surface area contributed by atoms with Gasteiger partial charge in [0.1, 0.15) is 0 Å². The van der Waals surface area contributed by atoms with E-state index in [0.29, 0.717) is 13.2 Å². The number of rotatable bonds is 4. The van der Waals surface area contributed by atoms with Gasteiger partial charge in [0.15, 0.2) is 0 Å². The summed E-state index contributed by atoms with van der Waals surface area (Å²) < 4.78 is 18.2. The smallest absolute Gasteiger partial charge is 0.328 e. The van der Waals surface area contributed by atoms with Crippen molar-refractivity contribution < 1.29 is 33.2 Å². The van der Waals surface area contributed by atoms with Crippen LogP contribution in [0.3, 0.4) is 0 Å². The third kappa shape index (κ3) is 32.7. The molecular weight excluding hydrogens is 222 g/mol. The summed E-state index contributed by atoms with van der Waals surface area (Å²) in [4.78, 5) is 30.2. The molecule has 13 heavy (non-hydrogen) atoms. The highest BCUT2D eigenvalue weighted by Crippen LogP contribution is 2.31. The van der Waals surface area contributed by atoms with Crippen molar-refractivity contribution in [3.8, 4) is 0 Å². The Labute approximate surface area is 77.6 Å². The monoisotopic (exact) mass is 236 g/mol. The fraction of sp³-hybridized carbons (Fsp3) is 1.00. The van der Waals surface area contributed by atoms with Crippen molar-refractivity contribution in [3.05, 3.63) is 0 Å². The summed E-state index contributed by atoms with van der Waals surface area (Å²) in [5.41, 5.74) is 0. The second-order valence-electron chi connectivity index (χ2n) is 1.59. The van der Waals surface area contributed by atoms with Crippen LogP contribution in [-0.2, 0) is 13.6 Å². The van der Waals surface area contributed by atoms with E-state index in [-0.39, 0.29) is 0 Å². The van der Waals surface area contributed by atoms with E-state index in [9.17, 15) is 0 Å². The summed E-state index contributed by atoms with van der Waals surface area (Å²) in [6.07, 6.45) is 0. The molecule has 0 heterocycles. The zero-order chi connectivity index (χ0) is 10.9. The molecule has 0 saturated carbocycles. The molecule has 0 rings (SSSR count). The van der Waals surface area contributed by atoms with Crippen LogP contribution >= 0.6 is 16.4 Å². The van der Waals surface area contributed by atoms with Gasteiger partial charge in [-0.15, -0.1) is 0 Å². The predicted octanol–water partition coefficient (Wildman–Crippen LogP) is 0.350. The van der Waals surface area contributed by atoms with Crippen LogP contribution in [0.25, 0.3) is 0 Å². The summed E-state index contributed by atoms with van der Waals surface area (Å²) >= 11 is 0. The first kappa shape index (κ1) is 15.9. The molecule has 0 aliphatic carbocycles. The average Bonchev–Trinajstić information content (AvgIpc) is 1.84. The van der Waals surface area contributed by atoms with Crippen molar-refractivity contribution in [1.29, 1.82) is 0 Å². The van der Waals surface area contributed by atoms with Gasteiger partial charge in [-0.1, -0.05) is 0 Å². The SMILES string of the molecule is CCOP(O)OCC.O=P(O)(O)O. The van der Waals surface area contributed by atoms with E-state index in [1.807, 2.05) is 13.8 Å². The largest absolute Gasteiger partial charge is 0.466 e. The molecule has 0 atom stereocenters. The highest BCUT2D eigenvalue weighted by molar-refractivity contribution is 7.45. The third-order valence-corrected chi connectivity index (χ3v) is 1.44. The minimum absolute atomic E-state index is 0.502. The van der Waals surface area contributed by atoms with E-state index in [4.69, 9.17) is 24.1 Å². The maximum absolute atomic E-state index is 8.88. The highest BCUT2D eigenvalue weighted by atomic mass is 31.2. The lowest BCUT2D eigenvalue weighted by Gasteiger charge is -2.05. The molecule has 0 amide bonds. The minimum atomic E-state index is -4.64. The van der Waals surface area contributed by atoms with Crippen LogP contribution in [0.5, 0.6) is 0 Å². The molecule has 0 unspecified atom stereocenters. The van der Waals surface area contributed by atoms with Gasteiger partial charge in [-0.3, -0.25) is 0 Å². The predicted molar refractivity (Wildman–Crippen MR) is 46.7 cm³/mol. The molecule has 0 aliphatic heterocycles. The lowest BCUT2D eigenvalue weighted by Crippen LogP contribution is -1.87. The fourth-order valence-corrected chi connectivity index (χ4v) is 0.774. The molecule has 82 valence electrons. The van der Waals surface area contributed by atoms with Crippen LogP contribution in [0.1, 0.15) is 13.8 Å². The summed E-state index contributed by atoms with van der Waals surface area (Å²) in [6, 6.07) is 0. The summed E-state index contributed by atoms with van der Waals surface area (Å²) in [7, 11) is -6.22. The van der Waals surface area contributed by atoms with Gasteiger partial charge < -0.3 is 28.6 Å². The summed E-state index contributed by atoms with van der Waals surface area (Å²) in [5, 5.41) is 0. The van der Waals surface area contributed by atoms with Gasteiger partial charge in [-0.05, 0) is 13.8 Å². The molecule has 0 radical (unpaired) electrons. The van der Waals surface area contributed by atoms with Gasteiger partial charge in [-0.25, -0.2) is 4.57 Å². The highest BCUT2D eigenvalue weighted by Gasteiger charge is 2.00. The van der Waals surface area contributed by atoms with E-state index < -0.39 is 16.4 Å². The molecule has 0 spiro atoms. The number of hydrogen-bond acceptors (Lipinski definition) is 4. The third-order valence-electron chi connectivity index (χ3n) is 0.479. The van der Waals surface area contributed by atoms with Crippen LogP contribution in [0.2, 0.25) is 0 Å². The standard InChI is InChI=1S/C4H11O3P.H3O4P/c1-3-6-8(5)7-4-2;1-5(2,3)4/h5H,3-4H2,1-2H3;(H3,1,2,3,4). The normalized spacial score (nSPS) is 11.0. The van der Waals surface area contributed by atoms with Gasteiger partial charge in [0, 0.05) is 0 Å². The van der Waals surface area contributed by atoms with Gasteiger partial charge in [0.05, 0.1) is 13.2 Å². The number of phosphoric acid groups is 1. The Morgan fingerprint density at radius 2 is 1.38 bits per heavy atom. The second-order valence-corrected chi connectivity index (χ2v) is 3.61. The Bertz CT molecular complexity index is 131. The van der Waals surface area contributed by atoms with Crippen LogP contribution in [0, 0.1) is 0 Å². The van der Waals surface area contributed by atoms with Crippen molar-refractivity contribution >= 4 is 16.4 Å². The fourth-order valence-electron chi connectivity index (χ4n) is 0.258. The molecule has 0 aliphatic rings. The van der Waals surface area contributed by atoms with E-state index in [0.717, 1.165) is 0 Å². The second kappa shape index (κ2) is 8.99. The molecule has 0 aromatic rings. The molecule has 0 aromatic carbocycles. The topological polar surface area (TPSA) is 116 Å². The summed E-state index contributed by atoms with van der Waals surface area (Å²) in [6.45, 7) is 4.62. The van der Waals surface area contributed by atoms with Crippen molar-refractivity contribution in [1.82, 2.24) is 0 Å². The van der Waals surface area contributed by atoms with E-state index in [1.54, 1.807) is 0 Å². The zero-order valence-corrected chi connectivity index (χ0v) is 9.11. The first-order chi connectivity index (χ1) is 5.81. The van der Waals surface area contributed by atoms with Crippen LogP contribution in [-0.4, -0.2) is 32.8 Å². The maximum atomic E-state index is 8.88. The van der Waals surface area contributed by atoms with Crippen molar-refractivity contribution in [2.45, 2.75) is 13.8 Å². The Hall–Kier alpha value is 0.420. The Balaban J connectivity index is 0. The molecule has 0 saturated heterocycles. The minimum Gasteiger partial charge on any atom is -0.328 e. The van der Waals surface area contributed by atoms with Crippen LogP contribution in [0.4, 0.5) is 0 Å². The maximum Gasteiger partial charge on any atom is 0.466 e. The van der Waals surface area contributed by atoms with Crippen molar-refractivity contribution in [2.75, 3.05) is 13.2 Å². The van der Waals surface area contributed by atoms with Gasteiger partial charge in [0.25, 0.3) is 0 Å². The Kier molecular flexibility index (Phi) is 11.0. The first-order valence-corrected chi connectivity index (χ1v) is 6.03. The van der Waals surface area contributed by atoms with Crippen LogP contribution < -0.4 is 0 Å². The van der Waals surface area contributed by atoms with Crippen LogP contribution in [0.15, 0.2) is 0 Å². The zero-order valence-electron chi connectivity index (χ0n) is 7.32. The van der Waals surface area contributed by atoms with Crippen molar-refractivity contribution in [2.24, 2.45) is 0 Å². The van der Waals surface area contributed by atoms with Crippen molar-refractivity contribution in [3.63, 3.8) is 0 Å². The Morgan fingerprint density at radius 1 is 1.15 bits per heavy atom. The van der Waals surface area contributed by atoms with E-state index in [1.165, 1.54) is 0 Å². The quantitative estimate of drug-likeness (QED) is 0.520. The molecule has 7 nitrogen and oxygen atoms in total. The summed E-state index contributed by atoms with van der Waals surface area (Å²) in [5.74, 6) is 0. The molecule has 0 bridgehead atoms. The Morgan fingerprint density at radius 3 is 1.54 bits per heavy atom. The average molecular weight is 236 g/mol.